The number of aromatic carboxylic acids is 1. The van der Waals surface area contributed by atoms with Crippen LogP contribution in [0.3, 0.4) is 0 Å². The fourth-order valence-corrected chi connectivity index (χ4v) is 4.03. The van der Waals surface area contributed by atoms with Crippen molar-refractivity contribution in [2.45, 2.75) is 32.1 Å². The summed E-state index contributed by atoms with van der Waals surface area (Å²) in [6.07, 6.45) is 0.929. The number of nitrogens with one attached hydrogen (secondary N) is 1. The molecular formula is C13H21NO5S2. The molecule has 0 radical (unpaired) electrons. The molecule has 6 nitrogen and oxygen atoms in total. The van der Waals surface area contributed by atoms with Crippen molar-refractivity contribution in [3.8, 4) is 0 Å². The van der Waals surface area contributed by atoms with Gasteiger partial charge in [0.15, 0.2) is 0 Å². The quantitative estimate of drug-likeness (QED) is 0.674. The molecule has 0 aromatic carbocycles. The van der Waals surface area contributed by atoms with Crippen LogP contribution in [0.1, 0.15) is 34.8 Å². The summed E-state index contributed by atoms with van der Waals surface area (Å²) in [5.41, 5.74) is 0. The number of aryl methyl sites for hydroxylation is 1. The zero-order valence-corrected chi connectivity index (χ0v) is 14.0. The molecule has 1 aromatic heterocycles. The van der Waals surface area contributed by atoms with E-state index in [1.807, 2.05) is 0 Å². The van der Waals surface area contributed by atoms with Crippen molar-refractivity contribution in [2.75, 3.05) is 19.8 Å². The number of carbonyl (C=O) groups is 1. The van der Waals surface area contributed by atoms with Crippen LogP contribution in [0.15, 0.2) is 11.0 Å². The number of rotatable bonds is 9. The van der Waals surface area contributed by atoms with E-state index in [1.54, 1.807) is 6.92 Å². The molecule has 0 aliphatic rings. The first-order chi connectivity index (χ1) is 9.74. The third kappa shape index (κ3) is 5.74. The summed E-state index contributed by atoms with van der Waals surface area (Å²) in [5, 5.41) is 8.88. The SMILES string of the molecule is Cc1sc(C(=O)O)cc1S(=O)(=O)NCCOCCC(C)C. The lowest BCUT2D eigenvalue weighted by molar-refractivity contribution is 0.0702. The molecule has 2 N–H and O–H groups in total. The van der Waals surface area contributed by atoms with Gasteiger partial charge in [0, 0.05) is 18.0 Å². The van der Waals surface area contributed by atoms with Crippen LogP contribution in [-0.2, 0) is 14.8 Å². The van der Waals surface area contributed by atoms with Crippen LogP contribution >= 0.6 is 11.3 Å². The second-order valence-electron chi connectivity index (χ2n) is 5.03. The van der Waals surface area contributed by atoms with Crippen molar-refractivity contribution >= 4 is 27.3 Å². The summed E-state index contributed by atoms with van der Waals surface area (Å²) < 4.78 is 31.9. The minimum atomic E-state index is -3.69. The van der Waals surface area contributed by atoms with Gasteiger partial charge in [0.25, 0.3) is 0 Å². The highest BCUT2D eigenvalue weighted by atomic mass is 32.2. The van der Waals surface area contributed by atoms with Crippen molar-refractivity contribution in [3.63, 3.8) is 0 Å². The Labute approximate surface area is 129 Å². The van der Waals surface area contributed by atoms with Crippen LogP contribution in [-0.4, -0.2) is 39.3 Å². The first kappa shape index (κ1) is 18.1. The molecule has 0 fully saturated rings. The van der Waals surface area contributed by atoms with Gasteiger partial charge in [0.1, 0.15) is 4.88 Å². The Hall–Kier alpha value is -0.960. The summed E-state index contributed by atoms with van der Waals surface area (Å²) in [7, 11) is -3.69. The van der Waals surface area contributed by atoms with E-state index in [1.165, 1.54) is 6.07 Å². The van der Waals surface area contributed by atoms with Crippen molar-refractivity contribution in [1.29, 1.82) is 0 Å². The van der Waals surface area contributed by atoms with Crippen LogP contribution in [0.5, 0.6) is 0 Å². The highest BCUT2D eigenvalue weighted by Crippen LogP contribution is 2.25. The zero-order chi connectivity index (χ0) is 16.0. The molecule has 8 heteroatoms. The molecule has 0 aliphatic carbocycles. The van der Waals surface area contributed by atoms with Crippen LogP contribution in [0, 0.1) is 12.8 Å². The van der Waals surface area contributed by atoms with Gasteiger partial charge >= 0.3 is 5.97 Å². The van der Waals surface area contributed by atoms with Gasteiger partial charge in [-0.15, -0.1) is 11.3 Å². The molecule has 0 atom stereocenters. The number of ether oxygens (including phenoxy) is 1. The van der Waals surface area contributed by atoms with Gasteiger partial charge in [0.2, 0.25) is 10.0 Å². The van der Waals surface area contributed by atoms with Crippen molar-refractivity contribution in [3.05, 3.63) is 15.8 Å². The molecule has 0 saturated heterocycles. The molecule has 1 heterocycles. The average Bonchev–Trinajstić information content (AvgIpc) is 2.76. The topological polar surface area (TPSA) is 92.7 Å². The minimum Gasteiger partial charge on any atom is -0.477 e. The third-order valence-electron chi connectivity index (χ3n) is 2.75. The minimum absolute atomic E-state index is 0.0149. The average molecular weight is 335 g/mol. The van der Waals surface area contributed by atoms with E-state index in [2.05, 4.69) is 18.6 Å². The van der Waals surface area contributed by atoms with Crippen molar-refractivity contribution < 1.29 is 23.1 Å². The Kier molecular flexibility index (Phi) is 6.79. The maximum Gasteiger partial charge on any atom is 0.345 e. The second-order valence-corrected chi connectivity index (χ2v) is 8.02. The summed E-state index contributed by atoms with van der Waals surface area (Å²) in [4.78, 5) is 11.4. The molecular weight excluding hydrogens is 314 g/mol. The molecule has 0 spiro atoms. The van der Waals surface area contributed by atoms with E-state index < -0.39 is 16.0 Å². The summed E-state index contributed by atoms with van der Waals surface area (Å²) in [6, 6.07) is 1.18. The molecule has 1 aromatic rings. The fraction of sp³-hybridized carbons (Fsp3) is 0.615. The highest BCUT2D eigenvalue weighted by Gasteiger charge is 2.21. The van der Waals surface area contributed by atoms with E-state index in [-0.39, 0.29) is 16.3 Å². The number of hydrogen-bond acceptors (Lipinski definition) is 5. The van der Waals surface area contributed by atoms with Gasteiger partial charge in [-0.2, -0.15) is 0 Å². The molecule has 0 amide bonds. The van der Waals surface area contributed by atoms with Crippen LogP contribution in [0.4, 0.5) is 0 Å². The first-order valence-electron chi connectivity index (χ1n) is 6.65. The Morgan fingerprint density at radius 2 is 2.10 bits per heavy atom. The monoisotopic (exact) mass is 335 g/mol. The van der Waals surface area contributed by atoms with Gasteiger partial charge in [-0.05, 0) is 25.3 Å². The molecule has 0 unspecified atom stereocenters. The lowest BCUT2D eigenvalue weighted by atomic mass is 10.1. The Morgan fingerprint density at radius 1 is 1.43 bits per heavy atom. The molecule has 0 saturated carbocycles. The smallest absolute Gasteiger partial charge is 0.345 e. The van der Waals surface area contributed by atoms with Gasteiger partial charge in [-0.25, -0.2) is 17.9 Å². The number of sulfonamides is 1. The Morgan fingerprint density at radius 3 is 2.62 bits per heavy atom. The fourth-order valence-electron chi connectivity index (χ4n) is 1.58. The first-order valence-corrected chi connectivity index (χ1v) is 8.95. The largest absolute Gasteiger partial charge is 0.477 e. The van der Waals surface area contributed by atoms with E-state index in [0.29, 0.717) is 24.0 Å². The van der Waals surface area contributed by atoms with E-state index in [9.17, 15) is 13.2 Å². The Bertz CT molecular complexity index is 577. The van der Waals surface area contributed by atoms with Gasteiger partial charge < -0.3 is 9.84 Å². The zero-order valence-electron chi connectivity index (χ0n) is 12.4. The predicted molar refractivity (Wildman–Crippen MR) is 81.5 cm³/mol. The predicted octanol–water partition coefficient (Wildman–Crippen LogP) is 2.10. The van der Waals surface area contributed by atoms with E-state index >= 15 is 0 Å². The maximum atomic E-state index is 12.1. The van der Waals surface area contributed by atoms with E-state index in [0.717, 1.165) is 17.8 Å². The second kappa shape index (κ2) is 7.88. The standard InChI is InChI=1S/C13H21NO5S2/c1-9(2)4-6-19-7-5-14-21(17,18)12-8-11(13(15)16)20-10(12)3/h8-9,14H,4-7H2,1-3H3,(H,15,16). The van der Waals surface area contributed by atoms with Crippen molar-refractivity contribution in [1.82, 2.24) is 4.72 Å². The van der Waals surface area contributed by atoms with Crippen LogP contribution in [0.2, 0.25) is 0 Å². The molecule has 0 aliphatic heterocycles. The van der Waals surface area contributed by atoms with E-state index in [4.69, 9.17) is 9.84 Å². The Balaban J connectivity index is 2.52. The van der Waals surface area contributed by atoms with Crippen molar-refractivity contribution in [2.24, 2.45) is 5.92 Å². The summed E-state index contributed by atoms with van der Waals surface area (Å²) in [6.45, 7) is 6.82. The lowest BCUT2D eigenvalue weighted by Crippen LogP contribution is -2.27. The highest BCUT2D eigenvalue weighted by molar-refractivity contribution is 7.89. The number of hydrogen-bond donors (Lipinski definition) is 2. The summed E-state index contributed by atoms with van der Waals surface area (Å²) in [5.74, 6) is -0.578. The normalized spacial score (nSPS) is 12.0. The lowest BCUT2D eigenvalue weighted by Gasteiger charge is -2.08. The molecule has 21 heavy (non-hydrogen) atoms. The molecule has 120 valence electrons. The maximum absolute atomic E-state index is 12.1. The summed E-state index contributed by atoms with van der Waals surface area (Å²) >= 11 is 0.950. The van der Waals surface area contributed by atoms with Gasteiger partial charge in [0.05, 0.1) is 11.5 Å². The van der Waals surface area contributed by atoms with Crippen LogP contribution in [0.25, 0.3) is 0 Å². The number of carboxylic acid groups (broad SMARTS) is 1. The van der Waals surface area contributed by atoms with Crippen LogP contribution < -0.4 is 4.72 Å². The van der Waals surface area contributed by atoms with Gasteiger partial charge in [-0.3, -0.25) is 0 Å². The number of carboxylic acids is 1. The third-order valence-corrected chi connectivity index (χ3v) is 5.51. The molecule has 0 bridgehead atoms. The molecule has 1 rings (SSSR count). The van der Waals surface area contributed by atoms with Gasteiger partial charge in [-0.1, -0.05) is 13.8 Å². The number of thiophene rings is 1.